The van der Waals surface area contributed by atoms with Gasteiger partial charge in [-0.1, -0.05) is 32.4 Å². The maximum atomic E-state index is 12.3. The molecule has 0 radical (unpaired) electrons. The number of nitrogens with zero attached hydrogens (tertiary/aromatic N) is 1. The van der Waals surface area contributed by atoms with Gasteiger partial charge in [-0.15, -0.1) is 6.42 Å². The number of terminal acetylenes is 1. The Morgan fingerprint density at radius 2 is 2.04 bits per heavy atom. The van der Waals surface area contributed by atoms with Gasteiger partial charge in [0, 0.05) is 11.7 Å². The highest BCUT2D eigenvalue weighted by atomic mass is 35.5. The Kier molecular flexibility index (Phi) is 5.64. The second-order valence-corrected chi connectivity index (χ2v) is 7.77. The summed E-state index contributed by atoms with van der Waals surface area (Å²) in [4.78, 5) is 25.2. The number of anilines is 2. The number of aliphatic carboxylic acids is 1. The van der Waals surface area contributed by atoms with Crippen LogP contribution in [-0.2, 0) is 9.59 Å². The van der Waals surface area contributed by atoms with Crippen LogP contribution in [0, 0.1) is 17.8 Å². The summed E-state index contributed by atoms with van der Waals surface area (Å²) in [5.74, 6) is 0.189. The highest BCUT2D eigenvalue weighted by molar-refractivity contribution is 6.33. The molecule has 5 nitrogen and oxygen atoms in total. The van der Waals surface area contributed by atoms with Crippen molar-refractivity contribution in [1.82, 2.24) is 0 Å². The topological polar surface area (TPSA) is 69.6 Å². The van der Waals surface area contributed by atoms with E-state index in [1.807, 2.05) is 5.92 Å². The molecule has 25 heavy (non-hydrogen) atoms. The van der Waals surface area contributed by atoms with E-state index >= 15 is 0 Å². The number of hydrogen-bond acceptors (Lipinski definition) is 3. The van der Waals surface area contributed by atoms with Crippen molar-refractivity contribution in [1.29, 1.82) is 0 Å². The number of benzene rings is 1. The molecule has 0 saturated heterocycles. The summed E-state index contributed by atoms with van der Waals surface area (Å²) >= 11 is 6.35. The normalized spacial score (nSPS) is 15.6. The molecule has 1 aliphatic carbocycles. The highest BCUT2D eigenvalue weighted by Crippen LogP contribution is 2.34. The zero-order valence-electron chi connectivity index (χ0n) is 14.7. The number of rotatable bonds is 5. The second-order valence-electron chi connectivity index (χ2n) is 7.36. The first-order valence-electron chi connectivity index (χ1n) is 8.24. The fraction of sp³-hybridized carbons (Fsp3) is 0.474. The predicted molar refractivity (Wildman–Crippen MR) is 99.9 cm³/mol. The molecule has 1 aromatic carbocycles. The van der Waals surface area contributed by atoms with Gasteiger partial charge in [0.1, 0.15) is 6.04 Å². The van der Waals surface area contributed by atoms with Crippen molar-refractivity contribution >= 4 is 34.9 Å². The van der Waals surface area contributed by atoms with Crippen LogP contribution in [0.2, 0.25) is 5.02 Å². The van der Waals surface area contributed by atoms with Gasteiger partial charge in [0.2, 0.25) is 0 Å². The summed E-state index contributed by atoms with van der Waals surface area (Å²) in [5.41, 5.74) is 0.425. The van der Waals surface area contributed by atoms with Gasteiger partial charge >= 0.3 is 11.9 Å². The number of carboxylic acids is 1. The molecule has 2 rings (SSSR count). The Morgan fingerprint density at radius 1 is 1.40 bits per heavy atom. The minimum atomic E-state index is -1.12. The van der Waals surface area contributed by atoms with Crippen LogP contribution in [0.25, 0.3) is 0 Å². The standard InChI is InChI=1S/C19H23ClN2O3/c1-5-16(23)22(17(18(24)25)19(2,3)4)13-9-10-15(14(20)11-13)21-12-7-6-8-12/h1,9-12,17,21H,6-8H2,2-4H3,(H,24,25). The molecule has 1 fully saturated rings. The van der Waals surface area contributed by atoms with E-state index in [-0.39, 0.29) is 0 Å². The summed E-state index contributed by atoms with van der Waals surface area (Å²) in [7, 11) is 0. The molecule has 0 aromatic heterocycles. The smallest absolute Gasteiger partial charge is 0.327 e. The quantitative estimate of drug-likeness (QED) is 0.782. The molecule has 134 valence electrons. The van der Waals surface area contributed by atoms with Crippen molar-refractivity contribution < 1.29 is 14.7 Å². The Morgan fingerprint density at radius 3 is 2.44 bits per heavy atom. The monoisotopic (exact) mass is 362 g/mol. The van der Waals surface area contributed by atoms with Crippen LogP contribution in [0.1, 0.15) is 40.0 Å². The molecule has 0 spiro atoms. The summed E-state index contributed by atoms with van der Waals surface area (Å²) in [6.07, 6.45) is 8.67. The van der Waals surface area contributed by atoms with E-state index in [9.17, 15) is 14.7 Å². The number of halogens is 1. The van der Waals surface area contributed by atoms with E-state index < -0.39 is 23.3 Å². The van der Waals surface area contributed by atoms with E-state index in [0.29, 0.717) is 16.8 Å². The number of carbonyl (C=O) groups is 2. The van der Waals surface area contributed by atoms with E-state index in [1.54, 1.807) is 39.0 Å². The van der Waals surface area contributed by atoms with E-state index in [0.717, 1.165) is 23.4 Å². The van der Waals surface area contributed by atoms with E-state index in [1.165, 1.54) is 6.42 Å². The van der Waals surface area contributed by atoms with Gasteiger partial charge < -0.3 is 10.4 Å². The maximum Gasteiger partial charge on any atom is 0.327 e. The van der Waals surface area contributed by atoms with Crippen LogP contribution in [0.3, 0.4) is 0 Å². The third kappa shape index (κ3) is 4.26. The van der Waals surface area contributed by atoms with Crippen LogP contribution in [0.5, 0.6) is 0 Å². The number of hydrogen-bond donors (Lipinski definition) is 2. The highest BCUT2D eigenvalue weighted by Gasteiger charge is 2.39. The molecular weight excluding hydrogens is 340 g/mol. The van der Waals surface area contributed by atoms with Crippen LogP contribution >= 0.6 is 11.6 Å². The van der Waals surface area contributed by atoms with Gasteiger partial charge in [-0.25, -0.2) is 4.79 Å². The number of amides is 1. The molecule has 1 amide bonds. The third-order valence-corrected chi connectivity index (χ3v) is 4.66. The molecule has 1 unspecified atom stereocenters. The van der Waals surface area contributed by atoms with Gasteiger partial charge in [0.15, 0.2) is 0 Å². The van der Waals surface area contributed by atoms with Crippen molar-refractivity contribution in [3.05, 3.63) is 23.2 Å². The lowest BCUT2D eigenvalue weighted by atomic mass is 9.85. The minimum absolute atomic E-state index is 0.370. The number of carbonyl (C=O) groups excluding carboxylic acids is 1. The number of carboxylic acid groups (broad SMARTS) is 1. The first kappa shape index (κ1) is 19.1. The number of nitrogens with one attached hydrogen (secondary N) is 1. The zero-order valence-corrected chi connectivity index (χ0v) is 15.4. The lowest BCUT2D eigenvalue weighted by Crippen LogP contribution is -2.52. The van der Waals surface area contributed by atoms with Crippen molar-refractivity contribution in [3.63, 3.8) is 0 Å². The first-order chi connectivity index (χ1) is 11.6. The Balaban J connectivity index is 2.41. The van der Waals surface area contributed by atoms with Crippen LogP contribution < -0.4 is 10.2 Å². The SMILES string of the molecule is C#CC(=O)N(c1ccc(NC2CCC2)c(Cl)c1)C(C(=O)O)C(C)(C)C. The first-order valence-corrected chi connectivity index (χ1v) is 8.61. The zero-order chi connectivity index (χ0) is 18.8. The van der Waals surface area contributed by atoms with Gasteiger partial charge in [-0.05, 0) is 48.8 Å². The Bertz CT molecular complexity index is 714. The molecule has 0 aliphatic heterocycles. The van der Waals surface area contributed by atoms with E-state index in [4.69, 9.17) is 18.0 Å². The van der Waals surface area contributed by atoms with Gasteiger partial charge in [0.25, 0.3) is 0 Å². The summed E-state index contributed by atoms with van der Waals surface area (Å²) < 4.78 is 0. The lowest BCUT2D eigenvalue weighted by molar-refractivity contribution is -0.142. The minimum Gasteiger partial charge on any atom is -0.480 e. The van der Waals surface area contributed by atoms with Crippen LogP contribution in [0.4, 0.5) is 11.4 Å². The largest absolute Gasteiger partial charge is 0.480 e. The molecule has 0 heterocycles. The van der Waals surface area contributed by atoms with Gasteiger partial charge in [0.05, 0.1) is 10.7 Å². The molecule has 0 bridgehead atoms. The van der Waals surface area contributed by atoms with Crippen molar-refractivity contribution in [2.75, 3.05) is 10.2 Å². The van der Waals surface area contributed by atoms with Crippen molar-refractivity contribution in [2.45, 2.75) is 52.1 Å². The van der Waals surface area contributed by atoms with Crippen LogP contribution in [0.15, 0.2) is 18.2 Å². The Labute approximate surface area is 153 Å². The van der Waals surface area contributed by atoms with Crippen molar-refractivity contribution in [2.24, 2.45) is 5.41 Å². The average Bonchev–Trinajstić information content (AvgIpc) is 2.47. The molecule has 1 aliphatic rings. The molecule has 1 aromatic rings. The lowest BCUT2D eigenvalue weighted by Gasteiger charge is -2.36. The molecule has 1 atom stereocenters. The second kappa shape index (κ2) is 7.37. The van der Waals surface area contributed by atoms with E-state index in [2.05, 4.69) is 5.32 Å². The van der Waals surface area contributed by atoms with Gasteiger partial charge in [-0.3, -0.25) is 9.69 Å². The Hall–Kier alpha value is -2.19. The summed E-state index contributed by atoms with van der Waals surface area (Å²) in [6.45, 7) is 5.24. The van der Waals surface area contributed by atoms with Crippen molar-refractivity contribution in [3.8, 4) is 12.3 Å². The third-order valence-electron chi connectivity index (χ3n) is 4.35. The summed E-state index contributed by atoms with van der Waals surface area (Å²) in [6, 6.07) is 4.31. The molecule has 2 N–H and O–H groups in total. The fourth-order valence-electron chi connectivity index (χ4n) is 2.86. The maximum absolute atomic E-state index is 12.3. The molecule has 1 saturated carbocycles. The summed E-state index contributed by atoms with van der Waals surface area (Å²) in [5, 5.41) is 13.4. The predicted octanol–water partition coefficient (Wildman–Crippen LogP) is 3.77. The molecule has 6 heteroatoms. The van der Waals surface area contributed by atoms with Gasteiger partial charge in [-0.2, -0.15) is 0 Å². The van der Waals surface area contributed by atoms with Crippen LogP contribution in [-0.4, -0.2) is 29.1 Å². The average molecular weight is 363 g/mol. The fourth-order valence-corrected chi connectivity index (χ4v) is 3.09. The molecular formula is C19H23ClN2O3.